The Labute approximate surface area is 94.9 Å². The van der Waals surface area contributed by atoms with Gasteiger partial charge >= 0.3 is 0 Å². The highest BCUT2D eigenvalue weighted by Crippen LogP contribution is 2.25. The summed E-state index contributed by atoms with van der Waals surface area (Å²) >= 11 is 3.33. The lowest BCUT2D eigenvalue weighted by atomic mass is 10.2. The third kappa shape index (κ3) is 1.91. The zero-order valence-electron chi connectivity index (χ0n) is 8.00. The molecule has 1 atom stereocenters. The molecule has 0 aromatic carbocycles. The standard InChI is InChI=1S/C9H9BrN4O/c1-14-7(5-12-13-14)9(15)8-6(10)3-2-4-11-8/h2-5,9,15H,1H3. The van der Waals surface area contributed by atoms with E-state index in [1.165, 1.54) is 10.9 Å². The Kier molecular flexibility index (Phi) is 2.79. The van der Waals surface area contributed by atoms with Crippen LogP contribution >= 0.6 is 15.9 Å². The first-order chi connectivity index (χ1) is 7.20. The summed E-state index contributed by atoms with van der Waals surface area (Å²) in [5.41, 5.74) is 1.16. The SMILES string of the molecule is Cn1nncc1C(O)c1ncccc1Br. The van der Waals surface area contributed by atoms with E-state index >= 15 is 0 Å². The normalized spacial score (nSPS) is 12.7. The molecule has 2 aromatic rings. The summed E-state index contributed by atoms with van der Waals surface area (Å²) in [5, 5.41) is 17.5. The molecule has 0 fully saturated rings. The summed E-state index contributed by atoms with van der Waals surface area (Å²) in [4.78, 5) is 4.11. The van der Waals surface area contributed by atoms with Crippen molar-refractivity contribution in [2.45, 2.75) is 6.10 Å². The fourth-order valence-corrected chi connectivity index (χ4v) is 1.76. The van der Waals surface area contributed by atoms with Gasteiger partial charge in [0.2, 0.25) is 0 Å². The first kappa shape index (κ1) is 10.3. The Balaban J connectivity index is 2.41. The van der Waals surface area contributed by atoms with Crippen molar-refractivity contribution < 1.29 is 5.11 Å². The summed E-state index contributed by atoms with van der Waals surface area (Å²) in [6, 6.07) is 3.62. The van der Waals surface area contributed by atoms with E-state index in [1.807, 2.05) is 6.07 Å². The monoisotopic (exact) mass is 268 g/mol. The Hall–Kier alpha value is -1.27. The smallest absolute Gasteiger partial charge is 0.140 e. The van der Waals surface area contributed by atoms with Crippen LogP contribution in [0.5, 0.6) is 0 Å². The van der Waals surface area contributed by atoms with Crippen molar-refractivity contribution in [2.75, 3.05) is 0 Å². The lowest BCUT2D eigenvalue weighted by molar-refractivity contribution is 0.204. The molecule has 2 heterocycles. The number of hydrogen-bond acceptors (Lipinski definition) is 4. The lowest BCUT2D eigenvalue weighted by Crippen LogP contribution is -2.08. The summed E-state index contributed by atoms with van der Waals surface area (Å²) in [6.07, 6.45) is 2.33. The molecule has 0 aliphatic carbocycles. The van der Waals surface area contributed by atoms with Crippen molar-refractivity contribution in [3.63, 3.8) is 0 Å². The number of aromatic nitrogens is 4. The Morgan fingerprint density at radius 3 is 2.93 bits per heavy atom. The van der Waals surface area contributed by atoms with E-state index in [2.05, 4.69) is 31.2 Å². The van der Waals surface area contributed by atoms with Crippen LogP contribution < -0.4 is 0 Å². The molecule has 2 aromatic heterocycles. The number of pyridine rings is 1. The fraction of sp³-hybridized carbons (Fsp3) is 0.222. The topological polar surface area (TPSA) is 63.8 Å². The van der Waals surface area contributed by atoms with Gasteiger partial charge in [-0.2, -0.15) is 0 Å². The minimum absolute atomic E-state index is 0.558. The Bertz CT molecular complexity index is 471. The van der Waals surface area contributed by atoms with Crippen molar-refractivity contribution in [3.8, 4) is 0 Å². The Morgan fingerprint density at radius 2 is 2.33 bits per heavy atom. The van der Waals surface area contributed by atoms with E-state index < -0.39 is 6.10 Å². The summed E-state index contributed by atoms with van der Waals surface area (Å²) < 4.78 is 2.28. The predicted molar refractivity (Wildman–Crippen MR) is 57.0 cm³/mol. The van der Waals surface area contributed by atoms with E-state index in [4.69, 9.17) is 0 Å². The second-order valence-corrected chi connectivity index (χ2v) is 3.91. The number of hydrogen-bond donors (Lipinski definition) is 1. The molecule has 0 saturated heterocycles. The van der Waals surface area contributed by atoms with Crippen LogP contribution in [0.1, 0.15) is 17.5 Å². The average molecular weight is 269 g/mol. The zero-order valence-corrected chi connectivity index (χ0v) is 9.59. The molecule has 15 heavy (non-hydrogen) atoms. The molecule has 0 aliphatic rings. The molecule has 6 heteroatoms. The second kappa shape index (κ2) is 4.08. The van der Waals surface area contributed by atoms with Gasteiger partial charge in [-0.15, -0.1) is 5.10 Å². The van der Waals surface area contributed by atoms with Gasteiger partial charge in [0, 0.05) is 17.7 Å². The molecule has 0 bridgehead atoms. The first-order valence-corrected chi connectivity index (χ1v) is 5.12. The van der Waals surface area contributed by atoms with E-state index in [0.717, 1.165) is 4.47 Å². The highest BCUT2D eigenvalue weighted by molar-refractivity contribution is 9.10. The quantitative estimate of drug-likeness (QED) is 0.885. The van der Waals surface area contributed by atoms with Gasteiger partial charge in [-0.25, -0.2) is 4.68 Å². The minimum atomic E-state index is -0.819. The van der Waals surface area contributed by atoms with Gasteiger partial charge in [0.1, 0.15) is 6.10 Å². The van der Waals surface area contributed by atoms with E-state index in [9.17, 15) is 5.11 Å². The van der Waals surface area contributed by atoms with Crippen molar-refractivity contribution in [3.05, 3.63) is 40.4 Å². The highest BCUT2D eigenvalue weighted by Gasteiger charge is 2.18. The largest absolute Gasteiger partial charge is 0.380 e. The molecule has 2 rings (SSSR count). The Morgan fingerprint density at radius 1 is 1.53 bits per heavy atom. The van der Waals surface area contributed by atoms with Crippen LogP contribution in [0.3, 0.4) is 0 Å². The number of aliphatic hydroxyl groups excluding tert-OH is 1. The van der Waals surface area contributed by atoms with Crippen LogP contribution in [0.15, 0.2) is 29.0 Å². The van der Waals surface area contributed by atoms with Crippen LogP contribution in [-0.4, -0.2) is 25.1 Å². The third-order valence-electron chi connectivity index (χ3n) is 2.08. The first-order valence-electron chi connectivity index (χ1n) is 4.33. The number of nitrogens with zero attached hydrogens (tertiary/aromatic N) is 4. The number of aliphatic hydroxyl groups is 1. The fourth-order valence-electron chi connectivity index (χ4n) is 1.28. The van der Waals surface area contributed by atoms with Gasteiger partial charge in [-0.3, -0.25) is 4.98 Å². The van der Waals surface area contributed by atoms with Gasteiger partial charge in [0.25, 0.3) is 0 Å². The van der Waals surface area contributed by atoms with Crippen LogP contribution in [0.25, 0.3) is 0 Å². The third-order valence-corrected chi connectivity index (χ3v) is 2.75. The van der Waals surface area contributed by atoms with Gasteiger partial charge in [0.05, 0.1) is 17.6 Å². The number of aryl methyl sites for hydroxylation is 1. The molecule has 0 saturated carbocycles. The van der Waals surface area contributed by atoms with Crippen molar-refractivity contribution in [1.29, 1.82) is 0 Å². The second-order valence-electron chi connectivity index (χ2n) is 3.06. The van der Waals surface area contributed by atoms with Crippen molar-refractivity contribution >= 4 is 15.9 Å². The van der Waals surface area contributed by atoms with Gasteiger partial charge in [0.15, 0.2) is 0 Å². The van der Waals surface area contributed by atoms with Crippen molar-refractivity contribution in [1.82, 2.24) is 20.0 Å². The zero-order chi connectivity index (χ0) is 10.8. The van der Waals surface area contributed by atoms with Crippen LogP contribution in [0.2, 0.25) is 0 Å². The van der Waals surface area contributed by atoms with E-state index in [0.29, 0.717) is 11.4 Å². The van der Waals surface area contributed by atoms with Gasteiger partial charge in [-0.1, -0.05) is 5.21 Å². The lowest BCUT2D eigenvalue weighted by Gasteiger charge is -2.10. The van der Waals surface area contributed by atoms with Gasteiger partial charge in [-0.05, 0) is 28.1 Å². The summed E-state index contributed by atoms with van der Waals surface area (Å²) in [6.45, 7) is 0. The molecule has 0 amide bonds. The number of rotatable bonds is 2. The van der Waals surface area contributed by atoms with E-state index in [1.54, 1.807) is 19.3 Å². The van der Waals surface area contributed by atoms with Crippen LogP contribution in [0, 0.1) is 0 Å². The molecule has 0 radical (unpaired) electrons. The maximum atomic E-state index is 10.0. The minimum Gasteiger partial charge on any atom is -0.380 e. The van der Waals surface area contributed by atoms with Crippen LogP contribution in [-0.2, 0) is 7.05 Å². The molecular weight excluding hydrogens is 260 g/mol. The predicted octanol–water partition coefficient (Wildman–Crippen LogP) is 1.05. The molecule has 1 N–H and O–H groups in total. The molecule has 5 nitrogen and oxygen atoms in total. The van der Waals surface area contributed by atoms with Crippen molar-refractivity contribution in [2.24, 2.45) is 7.05 Å². The van der Waals surface area contributed by atoms with E-state index in [-0.39, 0.29) is 0 Å². The molecule has 0 aliphatic heterocycles. The van der Waals surface area contributed by atoms with Gasteiger partial charge < -0.3 is 5.11 Å². The van der Waals surface area contributed by atoms with Crippen LogP contribution in [0.4, 0.5) is 0 Å². The highest BCUT2D eigenvalue weighted by atomic mass is 79.9. The maximum Gasteiger partial charge on any atom is 0.140 e. The maximum absolute atomic E-state index is 10.0. The molecular formula is C9H9BrN4O. The molecule has 0 spiro atoms. The molecule has 78 valence electrons. The number of halogens is 1. The average Bonchev–Trinajstić information content (AvgIpc) is 2.64. The summed E-state index contributed by atoms with van der Waals surface area (Å²) in [5.74, 6) is 0. The molecule has 1 unspecified atom stereocenters. The summed E-state index contributed by atoms with van der Waals surface area (Å²) in [7, 11) is 1.72.